The van der Waals surface area contributed by atoms with Crippen molar-refractivity contribution in [3.8, 4) is 5.75 Å². The number of fused-ring (bicyclic) bond motifs is 7. The Morgan fingerprint density at radius 2 is 1.79 bits per heavy atom. The average molecular weight is 732 g/mol. The van der Waals surface area contributed by atoms with Crippen LogP contribution < -0.4 is 10.1 Å². The van der Waals surface area contributed by atoms with Gasteiger partial charge in [0.15, 0.2) is 0 Å². The molecule has 1 saturated heterocycles. The highest BCUT2D eigenvalue weighted by molar-refractivity contribution is 7.85. The van der Waals surface area contributed by atoms with Crippen LogP contribution in [0.4, 0.5) is 0 Å². The molecule has 8 heteroatoms. The van der Waals surface area contributed by atoms with Crippen LogP contribution >= 0.6 is 0 Å². The number of carbonyl (C=O) groups is 1. The van der Waals surface area contributed by atoms with Gasteiger partial charge < -0.3 is 20.1 Å². The van der Waals surface area contributed by atoms with Crippen LogP contribution in [0.25, 0.3) is 0 Å². The number of hydrogen-bond acceptors (Lipinski definition) is 6. The molecule has 7 nitrogen and oxygen atoms in total. The topological polar surface area (TPSA) is 91.8 Å². The third-order valence-electron chi connectivity index (χ3n) is 16.8. The maximum Gasteiger partial charge on any atom is 0.313 e. The fourth-order valence-electron chi connectivity index (χ4n) is 14.2. The lowest BCUT2D eigenvalue weighted by atomic mass is 9.37. The number of carboxylic acids is 1. The second-order valence-electron chi connectivity index (χ2n) is 19.4. The summed E-state index contributed by atoms with van der Waals surface area (Å²) in [6, 6.07) is 3.67. The van der Waals surface area contributed by atoms with Crippen molar-refractivity contribution in [2.75, 3.05) is 44.3 Å². The predicted octanol–water partition coefficient (Wildman–Crippen LogP) is 8.05. The number of nitrogens with zero attached hydrogens (tertiary/aromatic N) is 2. The Bertz CT molecular complexity index is 1580. The van der Waals surface area contributed by atoms with Crippen LogP contribution in [-0.2, 0) is 15.6 Å². The van der Waals surface area contributed by atoms with E-state index < -0.39 is 22.2 Å². The zero-order valence-electron chi connectivity index (χ0n) is 32.5. The second-order valence-corrected chi connectivity index (χ2v) is 21.0. The number of hydrogen-bond donors (Lipinski definition) is 2. The van der Waals surface area contributed by atoms with Crippen LogP contribution in [0.1, 0.15) is 111 Å². The summed E-state index contributed by atoms with van der Waals surface area (Å²) in [5, 5.41) is 14.6. The van der Waals surface area contributed by atoms with E-state index in [2.05, 4.69) is 55.0 Å². The monoisotopic (exact) mass is 731 g/mol. The first-order valence-corrected chi connectivity index (χ1v) is 22.4. The van der Waals surface area contributed by atoms with Gasteiger partial charge in [0.1, 0.15) is 17.8 Å². The van der Waals surface area contributed by atoms with E-state index in [9.17, 15) is 14.1 Å². The molecule has 286 valence electrons. The average Bonchev–Trinajstić information content (AvgIpc) is 3.56. The maximum absolute atomic E-state index is 12.6. The molecule has 8 rings (SSSR count). The molecule has 2 heterocycles. The van der Waals surface area contributed by atoms with Crippen molar-refractivity contribution in [2.24, 2.45) is 51.2 Å². The van der Waals surface area contributed by atoms with E-state index in [1.165, 1.54) is 68.9 Å². The highest BCUT2D eigenvalue weighted by Gasteiger charge is 2.65. The van der Waals surface area contributed by atoms with Crippen molar-refractivity contribution in [1.82, 2.24) is 15.2 Å². The molecule has 0 aromatic carbocycles. The van der Waals surface area contributed by atoms with Gasteiger partial charge >= 0.3 is 5.97 Å². The van der Waals surface area contributed by atoms with Gasteiger partial charge in [0.25, 0.3) is 0 Å². The molecule has 1 aromatic rings. The number of ether oxygens (including phenoxy) is 1. The quantitative estimate of drug-likeness (QED) is 0.266. The van der Waals surface area contributed by atoms with Gasteiger partial charge in [0.2, 0.25) is 0 Å². The lowest BCUT2D eigenvalue weighted by molar-refractivity contribution is -0.175. The third kappa shape index (κ3) is 6.17. The normalized spacial score (nSPS) is 41.8. The minimum absolute atomic E-state index is 0.0624. The second kappa shape index (κ2) is 13.9. The molecule has 4 saturated carbocycles. The molecule has 52 heavy (non-hydrogen) atoms. The maximum atomic E-state index is 12.6. The summed E-state index contributed by atoms with van der Waals surface area (Å²) in [5.74, 6) is 5.48. The van der Waals surface area contributed by atoms with Gasteiger partial charge in [-0.25, -0.2) is 0 Å². The van der Waals surface area contributed by atoms with Crippen LogP contribution in [-0.4, -0.2) is 75.0 Å². The van der Waals surface area contributed by atoms with E-state index >= 15 is 0 Å². The molecule has 5 fully saturated rings. The number of aliphatic carboxylic acids is 1. The summed E-state index contributed by atoms with van der Waals surface area (Å²) in [4.78, 5) is 19.3. The van der Waals surface area contributed by atoms with Crippen molar-refractivity contribution in [3.63, 3.8) is 0 Å². The first-order chi connectivity index (χ1) is 24.9. The molecule has 0 bridgehead atoms. The largest absolute Gasteiger partial charge is 0.491 e. The number of rotatable bonds is 9. The number of aromatic nitrogens is 1. The molecule has 0 radical (unpaired) electrons. The summed E-state index contributed by atoms with van der Waals surface area (Å²) >= 11 is 0. The van der Waals surface area contributed by atoms with E-state index in [0.29, 0.717) is 40.9 Å². The first-order valence-electron chi connectivity index (χ1n) is 20.9. The van der Waals surface area contributed by atoms with Crippen molar-refractivity contribution in [1.29, 1.82) is 0 Å². The highest BCUT2D eigenvalue weighted by atomic mass is 32.2. The van der Waals surface area contributed by atoms with Crippen LogP contribution in [0.5, 0.6) is 5.75 Å². The molecule has 0 amide bonds. The van der Waals surface area contributed by atoms with Gasteiger partial charge in [0.05, 0.1) is 6.20 Å². The summed E-state index contributed by atoms with van der Waals surface area (Å²) in [6.45, 7) is 14.8. The molecule has 2 N–H and O–H groups in total. The Labute approximate surface area is 315 Å². The van der Waals surface area contributed by atoms with E-state index in [0.717, 1.165) is 74.2 Å². The summed E-state index contributed by atoms with van der Waals surface area (Å²) < 4.78 is 17.9. The van der Waals surface area contributed by atoms with Crippen LogP contribution in [0, 0.1) is 51.2 Å². The Morgan fingerprint density at radius 3 is 2.52 bits per heavy atom. The highest BCUT2D eigenvalue weighted by Crippen LogP contribution is 2.72. The molecule has 1 aromatic heterocycles. The Hall–Kier alpha value is -2.03. The van der Waals surface area contributed by atoms with Gasteiger partial charge in [-0.2, -0.15) is 0 Å². The number of allylic oxidation sites excluding steroid dienone is 4. The van der Waals surface area contributed by atoms with Crippen LogP contribution in [0.3, 0.4) is 0 Å². The van der Waals surface area contributed by atoms with E-state index in [-0.39, 0.29) is 12.0 Å². The standard InChI is InChI=1S/C44H65N3O4S/c1-40(2)34(31-11-19-43(20-12-31,39(48)49)30-51-32-7-6-22-45-29-32)13-17-42(4)37(40)15-18-41(3)35-14-21-44(46-23-24-47-25-27-52(50)28-26-47)16-5-8-36(44)33(35)9-10-38(41)42/h6-7,11,13,22,29,33,35-38,46H,5,8-10,12,14-21,23-28,30H2,1-4H3,(H,48,49)/t33-,35?,36+,37?,38?,41-,42-,43?,44-/m0/s1. The Morgan fingerprint density at radius 1 is 0.962 bits per heavy atom. The summed E-state index contributed by atoms with van der Waals surface area (Å²) in [7, 11) is -0.603. The van der Waals surface area contributed by atoms with Gasteiger partial charge in [-0.3, -0.25) is 14.0 Å². The summed E-state index contributed by atoms with van der Waals surface area (Å²) in [6.07, 6.45) is 23.6. The molecule has 7 aliphatic rings. The van der Waals surface area contributed by atoms with Crippen molar-refractivity contribution >= 4 is 16.8 Å². The van der Waals surface area contributed by atoms with Gasteiger partial charge in [-0.1, -0.05) is 46.3 Å². The smallest absolute Gasteiger partial charge is 0.313 e. The fraction of sp³-hybridized carbons (Fsp3) is 0.773. The van der Waals surface area contributed by atoms with E-state index in [1.807, 2.05) is 12.1 Å². The zero-order chi connectivity index (χ0) is 36.4. The van der Waals surface area contributed by atoms with Crippen LogP contribution in [0.2, 0.25) is 0 Å². The lowest BCUT2D eigenvalue weighted by Gasteiger charge is -2.68. The summed E-state index contributed by atoms with van der Waals surface area (Å²) in [5.41, 5.74) is 3.09. The van der Waals surface area contributed by atoms with E-state index in [1.54, 1.807) is 12.4 Å². The predicted molar refractivity (Wildman–Crippen MR) is 208 cm³/mol. The molecular weight excluding hydrogens is 667 g/mol. The van der Waals surface area contributed by atoms with Gasteiger partial charge in [-0.15, -0.1) is 0 Å². The van der Waals surface area contributed by atoms with Gasteiger partial charge in [-0.05, 0) is 146 Å². The number of nitrogens with one attached hydrogen (secondary N) is 1. The minimum Gasteiger partial charge on any atom is -0.491 e. The van der Waals surface area contributed by atoms with Crippen molar-refractivity contribution < 1.29 is 18.8 Å². The zero-order valence-corrected chi connectivity index (χ0v) is 33.3. The molecular formula is C44H65N3O4S. The van der Waals surface area contributed by atoms with Crippen molar-refractivity contribution in [2.45, 2.75) is 117 Å². The SMILES string of the molecule is CC1(C)C(C2=CCC(COc3cccnc3)(C(=O)O)CC2)=CC[C@@]2(C)C1CC[C@@]1(C)C3CC[C@@]4(NCCN5CCS(=O)CC5)CCC[C@@H]4[C@H]3CCC12. The lowest BCUT2D eigenvalue weighted by Crippen LogP contribution is -2.64. The van der Waals surface area contributed by atoms with Crippen LogP contribution in [0.15, 0.2) is 47.8 Å². The van der Waals surface area contributed by atoms with Crippen molar-refractivity contribution in [3.05, 3.63) is 47.8 Å². The number of carboxylic acid groups (broad SMARTS) is 1. The minimum atomic E-state index is -0.902. The molecule has 4 unspecified atom stereocenters. The Kier molecular flexibility index (Phi) is 9.88. The molecule has 1 aliphatic heterocycles. The van der Waals surface area contributed by atoms with Gasteiger partial charge in [0, 0.05) is 60.2 Å². The molecule has 0 spiro atoms. The third-order valence-corrected chi connectivity index (χ3v) is 18.1. The fourth-order valence-corrected chi connectivity index (χ4v) is 15.3. The first kappa shape index (κ1) is 36.9. The van der Waals surface area contributed by atoms with E-state index in [4.69, 9.17) is 4.74 Å². The molecule has 6 aliphatic carbocycles. The number of pyridine rings is 1. The molecule has 9 atom stereocenters. The Balaban J connectivity index is 0.962.